The highest BCUT2D eigenvalue weighted by molar-refractivity contribution is 8.33. The number of ether oxygens (including phenoxy) is 1. The standard InChI is InChI=1S/C6H7F5O2S5.FH/c1-2-3-13-4(12)5(14-7,15-8)6(16-9,17-10)18-11;/h2-3H2,1H3;1H. The molecular formula is C6H8F6O2S5. The Bertz CT molecular complexity index is 256. The first-order valence-electron chi connectivity index (χ1n) is 4.20. The molecule has 0 N–H and O–H groups in total. The molecule has 0 aliphatic carbocycles. The smallest absolute Gasteiger partial charge is 0.341 e. The lowest BCUT2D eigenvalue weighted by atomic mass is 10.4. The number of halogens is 6. The minimum absolute atomic E-state index is 0. The maximum Gasteiger partial charge on any atom is 0.341 e. The summed E-state index contributed by atoms with van der Waals surface area (Å²) in [4.78, 5) is 11.5. The zero-order chi connectivity index (χ0) is 14.2. The van der Waals surface area contributed by atoms with Crippen molar-refractivity contribution in [3.63, 3.8) is 0 Å². The van der Waals surface area contributed by atoms with Crippen molar-refractivity contribution in [2.24, 2.45) is 0 Å². The first kappa shape index (κ1) is 22.1. The molecule has 0 amide bonds. The van der Waals surface area contributed by atoms with Gasteiger partial charge in [-0.25, -0.2) is 4.79 Å². The molecule has 0 unspecified atom stereocenters. The molecule has 13 heteroatoms. The molecule has 0 aliphatic heterocycles. The fourth-order valence-electron chi connectivity index (χ4n) is 0.772. The van der Waals surface area contributed by atoms with Crippen LogP contribution in [-0.4, -0.2) is 20.1 Å². The SMILES string of the molecule is CCCOC(=O)C(SF)(SF)C(SF)(SF)SF.F. The summed E-state index contributed by atoms with van der Waals surface area (Å²) < 4.78 is 62.2. The van der Waals surface area contributed by atoms with Gasteiger partial charge in [-0.2, -0.15) is 19.4 Å². The Hall–Kier alpha value is 0.800. The van der Waals surface area contributed by atoms with Crippen molar-refractivity contribution in [2.75, 3.05) is 6.61 Å². The third-order valence-electron chi connectivity index (χ3n) is 1.63. The van der Waals surface area contributed by atoms with Gasteiger partial charge in [0, 0.05) is 0 Å². The molecule has 0 heterocycles. The van der Waals surface area contributed by atoms with E-state index in [2.05, 4.69) is 4.74 Å². The van der Waals surface area contributed by atoms with Crippen molar-refractivity contribution in [3.05, 3.63) is 0 Å². The van der Waals surface area contributed by atoms with E-state index in [4.69, 9.17) is 0 Å². The molecule has 0 radical (unpaired) electrons. The second-order valence-corrected chi connectivity index (χ2v) is 7.56. The third kappa shape index (κ3) is 4.38. The second kappa shape index (κ2) is 10.5. The topological polar surface area (TPSA) is 26.3 Å². The van der Waals surface area contributed by atoms with Gasteiger partial charge in [0.1, 0.15) is 0 Å². The predicted molar refractivity (Wildman–Crippen MR) is 72.7 cm³/mol. The number of esters is 1. The Morgan fingerprint density at radius 1 is 1.00 bits per heavy atom. The van der Waals surface area contributed by atoms with Crippen molar-refractivity contribution in [3.8, 4) is 0 Å². The number of rotatable bonds is 9. The van der Waals surface area contributed by atoms with Crippen LogP contribution in [0.1, 0.15) is 13.3 Å². The normalized spacial score (nSPS) is 11.9. The van der Waals surface area contributed by atoms with Crippen LogP contribution in [0.25, 0.3) is 0 Å². The van der Waals surface area contributed by atoms with Gasteiger partial charge in [0.05, 0.1) is 67.3 Å². The molecule has 0 saturated carbocycles. The summed E-state index contributed by atoms with van der Waals surface area (Å²) in [6.45, 7) is 1.40. The van der Waals surface area contributed by atoms with Crippen molar-refractivity contribution in [1.29, 1.82) is 0 Å². The molecule has 0 atom stereocenters. The van der Waals surface area contributed by atoms with Gasteiger partial charge >= 0.3 is 5.97 Å². The van der Waals surface area contributed by atoms with Crippen LogP contribution in [0.4, 0.5) is 24.1 Å². The van der Waals surface area contributed by atoms with Gasteiger partial charge in [-0.15, -0.1) is 0 Å². The molecule has 0 aromatic heterocycles. The molecule has 2 nitrogen and oxygen atoms in total. The fourth-order valence-corrected chi connectivity index (χ4v) is 3.27. The number of carbonyl (C=O) groups is 1. The van der Waals surface area contributed by atoms with E-state index in [9.17, 15) is 24.2 Å². The minimum atomic E-state index is -3.04. The van der Waals surface area contributed by atoms with Crippen LogP contribution in [0.3, 0.4) is 0 Å². The fraction of sp³-hybridized carbons (Fsp3) is 0.833. The molecule has 0 saturated heterocycles. The Balaban J connectivity index is 0. The van der Waals surface area contributed by atoms with E-state index >= 15 is 0 Å². The lowest BCUT2D eigenvalue weighted by molar-refractivity contribution is -0.143. The summed E-state index contributed by atoms with van der Waals surface area (Å²) in [5.74, 6) is -1.58. The second-order valence-electron chi connectivity index (χ2n) is 2.69. The Morgan fingerprint density at radius 3 is 1.68 bits per heavy atom. The van der Waals surface area contributed by atoms with Gasteiger partial charge in [-0.3, -0.25) is 4.70 Å². The van der Waals surface area contributed by atoms with E-state index in [1.807, 2.05) is 0 Å². The molecule has 0 spiro atoms. The molecule has 116 valence electrons. The average Bonchev–Trinajstić information content (AvgIpc) is 2.42. The summed E-state index contributed by atoms with van der Waals surface area (Å²) in [6.07, 6.45) is 0.330. The lowest BCUT2D eigenvalue weighted by Crippen LogP contribution is -2.47. The largest absolute Gasteiger partial charge is 0.464 e. The van der Waals surface area contributed by atoms with E-state index < -0.39 is 74.2 Å². The van der Waals surface area contributed by atoms with Crippen LogP contribution in [0.15, 0.2) is 0 Å². The molecule has 0 aliphatic rings. The van der Waals surface area contributed by atoms with Gasteiger partial charge in [0.2, 0.25) is 3.41 Å². The van der Waals surface area contributed by atoms with Crippen LogP contribution < -0.4 is 0 Å². The Kier molecular flexibility index (Phi) is 12.2. The summed E-state index contributed by atoms with van der Waals surface area (Å²) in [6, 6.07) is 0. The lowest BCUT2D eigenvalue weighted by Gasteiger charge is -2.33. The van der Waals surface area contributed by atoms with E-state index in [1.165, 1.54) is 0 Å². The maximum atomic E-state index is 12.9. The summed E-state index contributed by atoms with van der Waals surface area (Å²) in [5.41, 5.74) is 0. The molecule has 19 heavy (non-hydrogen) atoms. The molecule has 0 fully saturated rings. The zero-order valence-electron chi connectivity index (χ0n) is 9.07. The first-order valence-corrected chi connectivity index (χ1v) is 7.78. The summed E-state index contributed by atoms with van der Waals surface area (Å²) in [7, 11) is 0. The van der Waals surface area contributed by atoms with Gasteiger partial charge in [0.25, 0.3) is 4.08 Å². The average molecular weight is 386 g/mol. The molecular weight excluding hydrogens is 378 g/mol. The minimum Gasteiger partial charge on any atom is -0.464 e. The Labute approximate surface area is 127 Å². The summed E-state index contributed by atoms with van der Waals surface area (Å²) in [5, 5.41) is 0. The van der Waals surface area contributed by atoms with Gasteiger partial charge in [-0.05, 0) is 6.42 Å². The zero-order valence-corrected chi connectivity index (χ0v) is 13.2. The van der Waals surface area contributed by atoms with Crippen LogP contribution in [0.5, 0.6) is 0 Å². The first-order chi connectivity index (χ1) is 8.53. The van der Waals surface area contributed by atoms with Crippen molar-refractivity contribution in [1.82, 2.24) is 0 Å². The van der Waals surface area contributed by atoms with Crippen molar-refractivity contribution in [2.45, 2.75) is 20.8 Å². The predicted octanol–water partition coefficient (Wildman–Crippen LogP) is 5.53. The van der Waals surface area contributed by atoms with Crippen LogP contribution in [-0.2, 0) is 9.53 Å². The van der Waals surface area contributed by atoms with E-state index in [0.717, 1.165) is 0 Å². The molecule has 0 aromatic carbocycles. The molecule has 0 rings (SSSR count). The van der Waals surface area contributed by atoms with Gasteiger partial charge < -0.3 is 4.74 Å². The number of carbonyl (C=O) groups excluding carboxylic acids is 1. The highest BCUT2D eigenvalue weighted by Crippen LogP contribution is 2.65. The molecule has 0 aromatic rings. The Morgan fingerprint density at radius 2 is 1.42 bits per heavy atom. The number of hydrogen-bond acceptors (Lipinski definition) is 7. The van der Waals surface area contributed by atoms with Gasteiger partial charge in [0.15, 0.2) is 0 Å². The monoisotopic (exact) mass is 386 g/mol. The van der Waals surface area contributed by atoms with Crippen molar-refractivity contribution < 1.29 is 33.7 Å². The highest BCUT2D eigenvalue weighted by atomic mass is 32.3. The van der Waals surface area contributed by atoms with Crippen LogP contribution >= 0.6 is 60.7 Å². The quantitative estimate of drug-likeness (QED) is 0.292. The maximum absolute atomic E-state index is 12.9. The van der Waals surface area contributed by atoms with Gasteiger partial charge in [-0.1, -0.05) is 6.92 Å². The number of hydrogen-bond donors (Lipinski definition) is 0. The highest BCUT2D eigenvalue weighted by Gasteiger charge is 2.67. The van der Waals surface area contributed by atoms with Crippen LogP contribution in [0, 0.1) is 0 Å². The van der Waals surface area contributed by atoms with E-state index in [-0.39, 0.29) is 11.3 Å². The van der Waals surface area contributed by atoms with E-state index in [1.54, 1.807) is 6.92 Å². The summed E-state index contributed by atoms with van der Waals surface area (Å²) >= 11 is -5.06. The third-order valence-corrected chi connectivity index (χ3v) is 6.83. The van der Waals surface area contributed by atoms with E-state index in [0.29, 0.717) is 6.42 Å². The molecule has 0 bridgehead atoms. The van der Waals surface area contributed by atoms with Crippen LogP contribution in [0.2, 0.25) is 0 Å². The van der Waals surface area contributed by atoms with Crippen molar-refractivity contribution >= 4 is 66.7 Å².